The van der Waals surface area contributed by atoms with Crippen molar-refractivity contribution in [1.82, 2.24) is 25.0 Å². The molecule has 1 heterocycles. The molecule has 0 spiro atoms. The van der Waals surface area contributed by atoms with E-state index in [-0.39, 0.29) is 29.8 Å². The number of benzene rings is 2. The number of amides is 2. The molecule has 0 unspecified atom stereocenters. The number of nitrogens with one attached hydrogen (secondary N) is 1. The summed E-state index contributed by atoms with van der Waals surface area (Å²) < 4.78 is 2.09. The lowest BCUT2D eigenvalue weighted by molar-refractivity contribution is 0.0755. The molecule has 0 aliphatic carbocycles. The van der Waals surface area contributed by atoms with Crippen LogP contribution in [0.3, 0.4) is 0 Å². The van der Waals surface area contributed by atoms with Gasteiger partial charge >= 0.3 is 0 Å². The van der Waals surface area contributed by atoms with Gasteiger partial charge in [0.2, 0.25) is 0 Å². The van der Waals surface area contributed by atoms with Crippen molar-refractivity contribution >= 4 is 11.8 Å². The molecule has 40 heavy (non-hydrogen) atoms. The number of hydrogen-bond acceptors (Lipinski definition) is 5. The smallest absolute Gasteiger partial charge is 0.253 e. The normalized spacial score (nSPS) is 13.6. The van der Waals surface area contributed by atoms with Crippen LogP contribution in [0.15, 0.2) is 60.9 Å². The number of carbonyl (C=O) groups excluding carboxylic acids is 2. The van der Waals surface area contributed by atoms with Crippen molar-refractivity contribution < 1.29 is 9.59 Å². The maximum Gasteiger partial charge on any atom is 0.253 e. The minimum atomic E-state index is -0.322. The first-order chi connectivity index (χ1) is 19.2. The van der Waals surface area contributed by atoms with E-state index in [0.29, 0.717) is 43.0 Å². The SMILES string of the molecule is CCCN(CCC)C(=O)c1cccc(C(=O)N[C@@H](Cc2ccccc2)[C@@H](N)C[C@@H](C)c2nncn2CC(C)C)c1. The van der Waals surface area contributed by atoms with Gasteiger partial charge in [-0.2, -0.15) is 0 Å². The van der Waals surface area contributed by atoms with Crippen LogP contribution < -0.4 is 11.1 Å². The Bertz CT molecular complexity index is 1200. The number of nitrogens with two attached hydrogens (primary N) is 1. The van der Waals surface area contributed by atoms with Crippen molar-refractivity contribution in [3.8, 4) is 0 Å². The first kappa shape index (κ1) is 31.0. The summed E-state index contributed by atoms with van der Waals surface area (Å²) in [4.78, 5) is 28.5. The van der Waals surface area contributed by atoms with Crippen LogP contribution in [0.1, 0.15) is 91.9 Å². The molecule has 0 aliphatic rings. The summed E-state index contributed by atoms with van der Waals surface area (Å²) in [5, 5.41) is 11.7. The largest absolute Gasteiger partial charge is 0.347 e. The van der Waals surface area contributed by atoms with Gasteiger partial charge in [-0.3, -0.25) is 9.59 Å². The molecule has 3 atom stereocenters. The van der Waals surface area contributed by atoms with E-state index in [0.717, 1.165) is 30.8 Å². The molecule has 216 valence electrons. The minimum Gasteiger partial charge on any atom is -0.347 e. The van der Waals surface area contributed by atoms with Crippen LogP contribution in [0, 0.1) is 5.92 Å². The van der Waals surface area contributed by atoms with E-state index < -0.39 is 0 Å². The van der Waals surface area contributed by atoms with Crippen LogP contribution in [-0.2, 0) is 13.0 Å². The molecule has 8 nitrogen and oxygen atoms in total. The Balaban J connectivity index is 1.79. The molecule has 0 fully saturated rings. The Morgan fingerprint density at radius 1 is 0.975 bits per heavy atom. The molecule has 0 radical (unpaired) electrons. The van der Waals surface area contributed by atoms with E-state index in [9.17, 15) is 9.59 Å². The maximum atomic E-state index is 13.5. The number of rotatable bonds is 15. The molecule has 3 N–H and O–H groups in total. The highest BCUT2D eigenvalue weighted by Crippen LogP contribution is 2.21. The Hall–Kier alpha value is -3.52. The number of nitrogens with zero attached hydrogens (tertiary/aromatic N) is 4. The van der Waals surface area contributed by atoms with Crippen LogP contribution in [0.25, 0.3) is 0 Å². The monoisotopic (exact) mass is 546 g/mol. The standard InChI is InChI=1S/C32H46N6O2/c1-6-16-37(17-7-2)32(40)27-15-11-14-26(20-27)31(39)35-29(19-25-12-9-8-10-13-25)28(33)18-24(5)30-36-34-22-38(30)21-23(3)4/h8-15,20,22-24,28-29H,6-7,16-19,21,33H2,1-5H3,(H,35,39)/t24-,28+,29+/m1/s1. The first-order valence-electron chi connectivity index (χ1n) is 14.6. The Morgan fingerprint density at radius 3 is 2.30 bits per heavy atom. The van der Waals surface area contributed by atoms with Crippen molar-refractivity contribution in [1.29, 1.82) is 0 Å². The summed E-state index contributed by atoms with van der Waals surface area (Å²) in [5.41, 5.74) is 8.87. The summed E-state index contributed by atoms with van der Waals surface area (Å²) in [6.45, 7) is 12.8. The Kier molecular flexibility index (Phi) is 11.9. The Morgan fingerprint density at radius 2 is 1.65 bits per heavy atom. The number of carbonyl (C=O) groups is 2. The lowest BCUT2D eigenvalue weighted by Crippen LogP contribution is -2.49. The van der Waals surface area contributed by atoms with Gasteiger partial charge < -0.3 is 20.5 Å². The van der Waals surface area contributed by atoms with Crippen molar-refractivity contribution in [2.45, 2.75) is 84.8 Å². The zero-order chi connectivity index (χ0) is 29.1. The molecule has 0 saturated carbocycles. The third-order valence-electron chi connectivity index (χ3n) is 7.05. The zero-order valence-electron chi connectivity index (χ0n) is 24.7. The van der Waals surface area contributed by atoms with Gasteiger partial charge in [0, 0.05) is 48.8 Å². The summed E-state index contributed by atoms with van der Waals surface area (Å²) in [6.07, 6.45) is 4.78. The quantitative estimate of drug-likeness (QED) is 0.277. The van der Waals surface area contributed by atoms with Crippen LogP contribution in [-0.4, -0.2) is 56.7 Å². The maximum absolute atomic E-state index is 13.5. The summed E-state index contributed by atoms with van der Waals surface area (Å²) in [5.74, 6) is 1.16. The average Bonchev–Trinajstić information content (AvgIpc) is 3.40. The van der Waals surface area contributed by atoms with Gasteiger partial charge in [0.1, 0.15) is 12.2 Å². The molecule has 8 heteroatoms. The van der Waals surface area contributed by atoms with E-state index in [1.807, 2.05) is 35.2 Å². The fourth-order valence-corrected chi connectivity index (χ4v) is 5.12. The molecule has 2 amide bonds. The van der Waals surface area contributed by atoms with Crippen LogP contribution in [0.2, 0.25) is 0 Å². The van der Waals surface area contributed by atoms with E-state index in [4.69, 9.17) is 5.73 Å². The van der Waals surface area contributed by atoms with Crippen LogP contribution in [0.4, 0.5) is 0 Å². The molecule has 3 rings (SSSR count). The molecular weight excluding hydrogens is 500 g/mol. The van der Waals surface area contributed by atoms with Gasteiger partial charge in [-0.15, -0.1) is 10.2 Å². The first-order valence-corrected chi connectivity index (χ1v) is 14.6. The second-order valence-corrected chi connectivity index (χ2v) is 11.2. The minimum absolute atomic E-state index is 0.0461. The lowest BCUT2D eigenvalue weighted by atomic mass is 9.91. The van der Waals surface area contributed by atoms with Gasteiger partial charge in [0.05, 0.1) is 0 Å². The van der Waals surface area contributed by atoms with Crippen LogP contribution in [0.5, 0.6) is 0 Å². The molecule has 2 aromatic carbocycles. The second kappa shape index (κ2) is 15.3. The second-order valence-electron chi connectivity index (χ2n) is 11.2. The van der Waals surface area contributed by atoms with Gasteiger partial charge in [-0.05, 0) is 55.4 Å². The van der Waals surface area contributed by atoms with Crippen molar-refractivity contribution in [3.05, 3.63) is 83.4 Å². The van der Waals surface area contributed by atoms with E-state index in [1.54, 1.807) is 30.6 Å². The third-order valence-corrected chi connectivity index (χ3v) is 7.05. The van der Waals surface area contributed by atoms with Gasteiger partial charge in [0.25, 0.3) is 11.8 Å². The van der Waals surface area contributed by atoms with Crippen molar-refractivity contribution in [3.63, 3.8) is 0 Å². The molecule has 0 aliphatic heterocycles. The highest BCUT2D eigenvalue weighted by Gasteiger charge is 2.26. The number of hydrogen-bond donors (Lipinski definition) is 2. The topological polar surface area (TPSA) is 106 Å². The third kappa shape index (κ3) is 8.74. The van der Waals surface area contributed by atoms with Gasteiger partial charge in [-0.1, -0.05) is 71.0 Å². The molecular formula is C32H46N6O2. The van der Waals surface area contributed by atoms with Crippen molar-refractivity contribution in [2.24, 2.45) is 11.7 Å². The van der Waals surface area contributed by atoms with Gasteiger partial charge in [0.15, 0.2) is 0 Å². The number of aromatic nitrogens is 3. The molecule has 1 aromatic heterocycles. The fourth-order valence-electron chi connectivity index (χ4n) is 5.12. The predicted molar refractivity (Wildman–Crippen MR) is 160 cm³/mol. The van der Waals surface area contributed by atoms with E-state index in [1.165, 1.54) is 0 Å². The van der Waals surface area contributed by atoms with Gasteiger partial charge in [-0.25, -0.2) is 0 Å². The van der Waals surface area contributed by atoms with E-state index >= 15 is 0 Å². The summed E-state index contributed by atoms with van der Waals surface area (Å²) >= 11 is 0. The Labute approximate surface area is 239 Å². The van der Waals surface area contributed by atoms with Crippen LogP contribution >= 0.6 is 0 Å². The molecule has 3 aromatic rings. The van der Waals surface area contributed by atoms with Crippen molar-refractivity contribution in [2.75, 3.05) is 13.1 Å². The lowest BCUT2D eigenvalue weighted by Gasteiger charge is -2.28. The molecule has 0 saturated heterocycles. The highest BCUT2D eigenvalue weighted by molar-refractivity contribution is 5.99. The summed E-state index contributed by atoms with van der Waals surface area (Å²) in [6, 6.07) is 16.4. The van der Waals surface area contributed by atoms with E-state index in [2.05, 4.69) is 54.7 Å². The average molecular weight is 547 g/mol. The fraction of sp³-hybridized carbons (Fsp3) is 0.500. The highest BCUT2D eigenvalue weighted by atomic mass is 16.2. The zero-order valence-corrected chi connectivity index (χ0v) is 24.7. The summed E-state index contributed by atoms with van der Waals surface area (Å²) in [7, 11) is 0. The molecule has 0 bridgehead atoms. The predicted octanol–water partition coefficient (Wildman–Crippen LogP) is 5.06.